The van der Waals surface area contributed by atoms with Crippen molar-refractivity contribution < 1.29 is 4.79 Å². The summed E-state index contributed by atoms with van der Waals surface area (Å²) in [7, 11) is 4.02. The quantitative estimate of drug-likeness (QED) is 0.760. The molecule has 0 saturated carbocycles. The van der Waals surface area contributed by atoms with E-state index in [1.807, 2.05) is 14.1 Å². The minimum Gasteiger partial charge on any atom is -0.351 e. The molecule has 1 amide bonds. The van der Waals surface area contributed by atoms with E-state index in [1.165, 1.54) is 0 Å². The first-order valence-corrected chi connectivity index (χ1v) is 5.89. The van der Waals surface area contributed by atoms with Gasteiger partial charge in [0.05, 0.1) is 10.9 Å². The van der Waals surface area contributed by atoms with Crippen molar-refractivity contribution in [2.45, 2.75) is 6.42 Å². The lowest BCUT2D eigenvalue weighted by Gasteiger charge is -2.09. The van der Waals surface area contributed by atoms with Crippen LogP contribution in [-0.2, 0) is 0 Å². The smallest absolute Gasteiger partial charge is 0.272 e. The number of aromatic amines is 1. The molecule has 0 radical (unpaired) electrons. The van der Waals surface area contributed by atoms with E-state index in [1.54, 1.807) is 18.5 Å². The van der Waals surface area contributed by atoms with Crippen molar-refractivity contribution in [3.63, 3.8) is 0 Å². The van der Waals surface area contributed by atoms with Crippen LogP contribution >= 0.6 is 0 Å². The largest absolute Gasteiger partial charge is 0.351 e. The van der Waals surface area contributed by atoms with Gasteiger partial charge in [-0.15, -0.1) is 0 Å². The minimum atomic E-state index is -0.159. The monoisotopic (exact) mass is 247 g/mol. The van der Waals surface area contributed by atoms with Crippen LogP contribution in [0.3, 0.4) is 0 Å². The number of carbonyl (C=O) groups is 1. The molecule has 0 unspecified atom stereocenters. The Morgan fingerprint density at radius 1 is 1.50 bits per heavy atom. The maximum atomic E-state index is 11.9. The molecule has 0 fully saturated rings. The molecule has 0 bridgehead atoms. The number of aromatic nitrogens is 3. The third kappa shape index (κ3) is 2.84. The average Bonchev–Trinajstić information content (AvgIpc) is 2.78. The summed E-state index contributed by atoms with van der Waals surface area (Å²) in [5.41, 5.74) is 1.23. The molecule has 0 spiro atoms. The highest BCUT2D eigenvalue weighted by molar-refractivity contribution is 6.04. The Morgan fingerprint density at radius 2 is 2.33 bits per heavy atom. The molecule has 0 atom stereocenters. The number of rotatable bonds is 5. The topological polar surface area (TPSA) is 73.9 Å². The molecule has 0 saturated heterocycles. The Balaban J connectivity index is 1.97. The number of pyridine rings is 1. The number of H-pyrrole nitrogens is 1. The van der Waals surface area contributed by atoms with Gasteiger partial charge in [-0.25, -0.2) is 0 Å². The molecule has 2 rings (SSSR count). The van der Waals surface area contributed by atoms with E-state index in [0.29, 0.717) is 12.2 Å². The van der Waals surface area contributed by atoms with E-state index in [0.717, 1.165) is 23.9 Å². The molecule has 0 aliphatic carbocycles. The predicted molar refractivity (Wildman–Crippen MR) is 69.4 cm³/mol. The lowest BCUT2D eigenvalue weighted by atomic mass is 10.2. The normalized spacial score (nSPS) is 11.1. The molecule has 18 heavy (non-hydrogen) atoms. The van der Waals surface area contributed by atoms with Crippen molar-refractivity contribution in [1.82, 2.24) is 25.4 Å². The zero-order valence-corrected chi connectivity index (χ0v) is 10.6. The summed E-state index contributed by atoms with van der Waals surface area (Å²) in [6, 6.07) is 1.80. The molecule has 2 N–H and O–H groups in total. The summed E-state index contributed by atoms with van der Waals surface area (Å²) < 4.78 is 0. The maximum Gasteiger partial charge on any atom is 0.272 e. The van der Waals surface area contributed by atoms with Crippen LogP contribution in [0.15, 0.2) is 18.5 Å². The first-order valence-electron chi connectivity index (χ1n) is 5.89. The summed E-state index contributed by atoms with van der Waals surface area (Å²) >= 11 is 0. The van der Waals surface area contributed by atoms with E-state index in [-0.39, 0.29) is 5.91 Å². The molecule has 6 heteroatoms. The van der Waals surface area contributed by atoms with E-state index < -0.39 is 0 Å². The Hall–Kier alpha value is -1.95. The zero-order valence-electron chi connectivity index (χ0n) is 10.6. The van der Waals surface area contributed by atoms with Gasteiger partial charge in [0.25, 0.3) is 5.91 Å². The molecular weight excluding hydrogens is 230 g/mol. The number of amides is 1. The molecular formula is C12H17N5O. The Morgan fingerprint density at radius 3 is 3.11 bits per heavy atom. The van der Waals surface area contributed by atoms with Crippen LogP contribution in [0, 0.1) is 0 Å². The molecule has 0 aliphatic heterocycles. The minimum absolute atomic E-state index is 0.159. The van der Waals surface area contributed by atoms with Gasteiger partial charge in [-0.2, -0.15) is 5.10 Å². The van der Waals surface area contributed by atoms with E-state index in [9.17, 15) is 4.79 Å². The lowest BCUT2D eigenvalue weighted by Crippen LogP contribution is -2.27. The van der Waals surface area contributed by atoms with Crippen molar-refractivity contribution in [2.75, 3.05) is 27.2 Å². The Bertz CT molecular complexity index is 534. The summed E-state index contributed by atoms with van der Waals surface area (Å²) in [5, 5.41) is 10.4. The molecule has 2 heterocycles. The number of nitrogens with one attached hydrogen (secondary N) is 2. The molecule has 6 nitrogen and oxygen atoms in total. The van der Waals surface area contributed by atoms with Crippen LogP contribution in [0.1, 0.15) is 16.9 Å². The highest BCUT2D eigenvalue weighted by atomic mass is 16.1. The Kier molecular flexibility index (Phi) is 3.88. The maximum absolute atomic E-state index is 11.9. The SMILES string of the molecule is CN(C)CCCNC(=O)c1n[nH]c2ccncc12. The second-order valence-electron chi connectivity index (χ2n) is 4.41. The molecule has 2 aromatic rings. The van der Waals surface area contributed by atoms with Gasteiger partial charge in [0.2, 0.25) is 0 Å². The molecule has 0 aromatic carbocycles. The van der Waals surface area contributed by atoms with Crippen molar-refractivity contribution >= 4 is 16.8 Å². The second-order valence-corrected chi connectivity index (χ2v) is 4.41. The van der Waals surface area contributed by atoms with Gasteiger partial charge in [-0.3, -0.25) is 14.9 Å². The molecule has 2 aromatic heterocycles. The third-order valence-electron chi connectivity index (χ3n) is 2.65. The summed E-state index contributed by atoms with van der Waals surface area (Å²) in [6.07, 6.45) is 4.23. The summed E-state index contributed by atoms with van der Waals surface area (Å²) in [5.74, 6) is -0.159. The van der Waals surface area contributed by atoms with Gasteiger partial charge in [0.15, 0.2) is 5.69 Å². The fourth-order valence-corrected chi connectivity index (χ4v) is 1.71. The van der Waals surface area contributed by atoms with Crippen LogP contribution in [0.4, 0.5) is 0 Å². The van der Waals surface area contributed by atoms with Crippen LogP contribution in [0.5, 0.6) is 0 Å². The van der Waals surface area contributed by atoms with Gasteiger partial charge in [-0.1, -0.05) is 0 Å². The third-order valence-corrected chi connectivity index (χ3v) is 2.65. The van der Waals surface area contributed by atoms with Crippen molar-refractivity contribution in [3.05, 3.63) is 24.2 Å². The Labute approximate surface area is 105 Å². The fraction of sp³-hybridized carbons (Fsp3) is 0.417. The number of nitrogens with zero attached hydrogens (tertiary/aromatic N) is 3. The first kappa shape index (κ1) is 12.5. The number of fused-ring (bicyclic) bond motifs is 1. The number of hydrogen-bond acceptors (Lipinski definition) is 4. The van der Waals surface area contributed by atoms with Crippen molar-refractivity contribution in [3.8, 4) is 0 Å². The van der Waals surface area contributed by atoms with Crippen LogP contribution in [0.25, 0.3) is 10.9 Å². The average molecular weight is 247 g/mol. The number of hydrogen-bond donors (Lipinski definition) is 2. The highest BCUT2D eigenvalue weighted by Gasteiger charge is 2.13. The van der Waals surface area contributed by atoms with Gasteiger partial charge >= 0.3 is 0 Å². The second kappa shape index (κ2) is 5.59. The van der Waals surface area contributed by atoms with Gasteiger partial charge in [0, 0.05) is 18.9 Å². The lowest BCUT2D eigenvalue weighted by molar-refractivity contribution is 0.0949. The van der Waals surface area contributed by atoms with E-state index >= 15 is 0 Å². The van der Waals surface area contributed by atoms with Gasteiger partial charge in [0.1, 0.15) is 0 Å². The predicted octanol–water partition coefficient (Wildman–Crippen LogP) is 0.639. The van der Waals surface area contributed by atoms with Gasteiger partial charge < -0.3 is 10.2 Å². The number of carbonyl (C=O) groups excluding carboxylic acids is 1. The standard InChI is InChI=1S/C12H17N5O/c1-17(2)7-3-5-14-12(18)11-9-8-13-6-4-10(9)15-16-11/h4,6,8H,3,5,7H2,1-2H3,(H,14,18)(H,15,16). The van der Waals surface area contributed by atoms with Crippen LogP contribution in [-0.4, -0.2) is 53.2 Å². The van der Waals surface area contributed by atoms with E-state index in [4.69, 9.17) is 0 Å². The van der Waals surface area contributed by atoms with Gasteiger partial charge in [-0.05, 0) is 33.1 Å². The summed E-state index contributed by atoms with van der Waals surface area (Å²) in [6.45, 7) is 1.59. The zero-order chi connectivity index (χ0) is 13.0. The molecule has 96 valence electrons. The van der Waals surface area contributed by atoms with E-state index in [2.05, 4.69) is 25.4 Å². The fourth-order valence-electron chi connectivity index (χ4n) is 1.71. The first-order chi connectivity index (χ1) is 8.68. The summed E-state index contributed by atoms with van der Waals surface area (Å²) in [4.78, 5) is 18.0. The van der Waals surface area contributed by atoms with Crippen LogP contribution in [0.2, 0.25) is 0 Å². The van der Waals surface area contributed by atoms with Crippen molar-refractivity contribution in [2.24, 2.45) is 0 Å². The highest BCUT2D eigenvalue weighted by Crippen LogP contribution is 2.13. The van der Waals surface area contributed by atoms with Crippen LogP contribution < -0.4 is 5.32 Å². The van der Waals surface area contributed by atoms with Crippen molar-refractivity contribution in [1.29, 1.82) is 0 Å². The molecule has 0 aliphatic rings.